The van der Waals surface area contributed by atoms with Gasteiger partial charge >= 0.3 is 5.97 Å². The molecule has 0 spiro atoms. The SMILES string of the molecule is N#Cc1c(NC(=O)COC(=O)COc2ccc(Br)cc2)sc2c1CCCC2. The van der Waals surface area contributed by atoms with Gasteiger partial charge in [0.25, 0.3) is 5.91 Å². The molecule has 3 rings (SSSR count). The summed E-state index contributed by atoms with van der Waals surface area (Å²) in [6.45, 7) is -0.707. The van der Waals surface area contributed by atoms with Gasteiger partial charge in [-0.05, 0) is 55.5 Å². The van der Waals surface area contributed by atoms with Crippen LogP contribution in [0.15, 0.2) is 28.7 Å². The Balaban J connectivity index is 1.48. The zero-order valence-electron chi connectivity index (χ0n) is 14.4. The number of carbonyl (C=O) groups excluding carboxylic acids is 2. The van der Waals surface area contributed by atoms with Gasteiger partial charge in [-0.2, -0.15) is 5.26 Å². The van der Waals surface area contributed by atoms with Crippen LogP contribution in [-0.2, 0) is 27.2 Å². The number of hydrogen-bond donors (Lipinski definition) is 1. The summed E-state index contributed by atoms with van der Waals surface area (Å²) >= 11 is 4.75. The predicted octanol–water partition coefficient (Wildman–Crippen LogP) is 3.82. The van der Waals surface area contributed by atoms with Crippen LogP contribution in [0.2, 0.25) is 0 Å². The summed E-state index contributed by atoms with van der Waals surface area (Å²) in [5.74, 6) is -0.580. The van der Waals surface area contributed by atoms with Crippen LogP contribution in [0.25, 0.3) is 0 Å². The molecule has 0 unspecified atom stereocenters. The van der Waals surface area contributed by atoms with Gasteiger partial charge in [-0.25, -0.2) is 4.79 Å². The molecule has 2 aromatic rings. The molecule has 6 nitrogen and oxygen atoms in total. The molecule has 1 heterocycles. The van der Waals surface area contributed by atoms with Gasteiger partial charge in [-0.15, -0.1) is 11.3 Å². The lowest BCUT2D eigenvalue weighted by atomic mass is 9.96. The van der Waals surface area contributed by atoms with Gasteiger partial charge in [0.2, 0.25) is 0 Å². The highest BCUT2D eigenvalue weighted by Gasteiger charge is 2.22. The van der Waals surface area contributed by atoms with E-state index in [2.05, 4.69) is 27.3 Å². The molecule has 27 heavy (non-hydrogen) atoms. The lowest BCUT2D eigenvalue weighted by molar-refractivity contribution is -0.149. The smallest absolute Gasteiger partial charge is 0.344 e. The topological polar surface area (TPSA) is 88.4 Å². The molecular formula is C19H17BrN2O4S. The van der Waals surface area contributed by atoms with Gasteiger partial charge in [-0.3, -0.25) is 4.79 Å². The van der Waals surface area contributed by atoms with Gasteiger partial charge in [0.05, 0.1) is 5.56 Å². The van der Waals surface area contributed by atoms with E-state index in [-0.39, 0.29) is 6.61 Å². The van der Waals surface area contributed by atoms with E-state index in [1.54, 1.807) is 24.3 Å². The van der Waals surface area contributed by atoms with Crippen LogP contribution in [-0.4, -0.2) is 25.1 Å². The molecular weight excluding hydrogens is 432 g/mol. The van der Waals surface area contributed by atoms with E-state index in [1.807, 2.05) is 0 Å². The summed E-state index contributed by atoms with van der Waals surface area (Å²) in [5.41, 5.74) is 1.58. The van der Waals surface area contributed by atoms with Crippen molar-refractivity contribution in [2.24, 2.45) is 0 Å². The number of hydrogen-bond acceptors (Lipinski definition) is 6. The number of aryl methyl sites for hydroxylation is 1. The monoisotopic (exact) mass is 448 g/mol. The molecule has 0 fully saturated rings. The summed E-state index contributed by atoms with van der Waals surface area (Å²) in [6.07, 6.45) is 3.96. The molecule has 0 saturated heterocycles. The first-order chi connectivity index (χ1) is 13.1. The lowest BCUT2D eigenvalue weighted by Gasteiger charge is -2.09. The average Bonchev–Trinajstić information content (AvgIpc) is 3.02. The first-order valence-electron chi connectivity index (χ1n) is 8.45. The Hall–Kier alpha value is -2.37. The summed E-state index contributed by atoms with van der Waals surface area (Å²) < 4.78 is 11.1. The molecule has 1 aromatic heterocycles. The van der Waals surface area contributed by atoms with Crippen molar-refractivity contribution in [1.29, 1.82) is 5.26 Å². The minimum Gasteiger partial charge on any atom is -0.482 e. The molecule has 1 aliphatic carbocycles. The molecule has 0 atom stereocenters. The third-order valence-electron chi connectivity index (χ3n) is 4.07. The van der Waals surface area contributed by atoms with E-state index in [0.717, 1.165) is 40.6 Å². The van der Waals surface area contributed by atoms with Crippen LogP contribution in [0.3, 0.4) is 0 Å². The quantitative estimate of drug-likeness (QED) is 0.678. The van der Waals surface area contributed by atoms with E-state index < -0.39 is 18.5 Å². The van der Waals surface area contributed by atoms with Crippen molar-refractivity contribution in [2.75, 3.05) is 18.5 Å². The Kier molecular flexibility index (Phi) is 6.48. The van der Waals surface area contributed by atoms with Crippen LogP contribution in [0.4, 0.5) is 5.00 Å². The summed E-state index contributed by atoms with van der Waals surface area (Å²) in [6, 6.07) is 9.20. The second-order valence-electron chi connectivity index (χ2n) is 5.98. The maximum absolute atomic E-state index is 12.1. The average molecular weight is 449 g/mol. The fourth-order valence-corrected chi connectivity index (χ4v) is 4.32. The minimum atomic E-state index is -0.640. The lowest BCUT2D eigenvalue weighted by Crippen LogP contribution is -2.23. The summed E-state index contributed by atoms with van der Waals surface area (Å²) in [7, 11) is 0. The van der Waals surface area contributed by atoms with Crippen molar-refractivity contribution in [1.82, 2.24) is 0 Å². The van der Waals surface area contributed by atoms with E-state index in [1.165, 1.54) is 11.3 Å². The second kappa shape index (κ2) is 9.02. The van der Waals surface area contributed by atoms with Gasteiger partial charge in [-0.1, -0.05) is 15.9 Å². The number of nitriles is 1. The highest BCUT2D eigenvalue weighted by atomic mass is 79.9. The number of amides is 1. The molecule has 0 saturated carbocycles. The molecule has 1 aromatic carbocycles. The first-order valence-corrected chi connectivity index (χ1v) is 10.1. The number of anilines is 1. The van der Waals surface area contributed by atoms with Gasteiger partial charge in [0.15, 0.2) is 13.2 Å². The fourth-order valence-electron chi connectivity index (χ4n) is 2.80. The Morgan fingerprint density at radius 1 is 1.19 bits per heavy atom. The van der Waals surface area contributed by atoms with Crippen LogP contribution in [0.1, 0.15) is 28.8 Å². The summed E-state index contributed by atoms with van der Waals surface area (Å²) in [5, 5.41) is 12.6. The number of nitrogens with one attached hydrogen (secondary N) is 1. The zero-order valence-corrected chi connectivity index (χ0v) is 16.8. The van der Waals surface area contributed by atoms with E-state index in [9.17, 15) is 14.9 Å². The highest BCUT2D eigenvalue weighted by Crippen LogP contribution is 2.37. The number of esters is 1. The maximum Gasteiger partial charge on any atom is 0.344 e. The first kappa shape index (κ1) is 19.4. The summed E-state index contributed by atoms with van der Waals surface area (Å²) in [4.78, 5) is 25.0. The highest BCUT2D eigenvalue weighted by molar-refractivity contribution is 9.10. The number of rotatable bonds is 6. The van der Waals surface area contributed by atoms with Crippen molar-refractivity contribution in [3.05, 3.63) is 44.7 Å². The Labute approximate surface area is 169 Å². The molecule has 1 amide bonds. The molecule has 0 radical (unpaired) electrons. The number of halogens is 1. The standard InChI is InChI=1S/C19H17BrN2O4S/c20-12-5-7-13(8-6-12)25-11-18(24)26-10-17(23)22-19-15(9-21)14-3-1-2-4-16(14)27-19/h5-8H,1-4,10-11H2,(H,22,23). The zero-order chi connectivity index (χ0) is 19.2. The van der Waals surface area contributed by atoms with E-state index in [0.29, 0.717) is 16.3 Å². The van der Waals surface area contributed by atoms with Crippen molar-refractivity contribution in [3.63, 3.8) is 0 Å². The number of fused-ring (bicyclic) bond motifs is 1. The van der Waals surface area contributed by atoms with Gasteiger partial charge in [0.1, 0.15) is 16.8 Å². The maximum atomic E-state index is 12.1. The van der Waals surface area contributed by atoms with Crippen LogP contribution >= 0.6 is 27.3 Å². The number of ether oxygens (including phenoxy) is 2. The molecule has 1 N–H and O–H groups in total. The number of benzene rings is 1. The van der Waals surface area contributed by atoms with Crippen LogP contribution < -0.4 is 10.1 Å². The van der Waals surface area contributed by atoms with E-state index in [4.69, 9.17) is 9.47 Å². The number of nitrogens with zero attached hydrogens (tertiary/aromatic N) is 1. The van der Waals surface area contributed by atoms with Crippen molar-refractivity contribution in [3.8, 4) is 11.8 Å². The Morgan fingerprint density at radius 2 is 1.93 bits per heavy atom. The van der Waals surface area contributed by atoms with Crippen molar-refractivity contribution < 1.29 is 19.1 Å². The molecule has 0 aliphatic heterocycles. The Morgan fingerprint density at radius 3 is 2.67 bits per heavy atom. The molecule has 0 bridgehead atoms. The van der Waals surface area contributed by atoms with Crippen LogP contribution in [0, 0.1) is 11.3 Å². The fraction of sp³-hybridized carbons (Fsp3) is 0.316. The normalized spacial score (nSPS) is 12.6. The third-order valence-corrected chi connectivity index (χ3v) is 5.81. The minimum absolute atomic E-state index is 0.286. The van der Waals surface area contributed by atoms with Crippen LogP contribution in [0.5, 0.6) is 5.75 Å². The van der Waals surface area contributed by atoms with Gasteiger partial charge < -0.3 is 14.8 Å². The second-order valence-corrected chi connectivity index (χ2v) is 8.00. The molecule has 140 valence electrons. The number of thiophene rings is 1. The van der Waals surface area contributed by atoms with Crippen molar-refractivity contribution >= 4 is 44.1 Å². The van der Waals surface area contributed by atoms with E-state index >= 15 is 0 Å². The molecule has 8 heteroatoms. The Bertz CT molecular complexity index is 886. The molecule has 1 aliphatic rings. The number of carbonyl (C=O) groups is 2. The van der Waals surface area contributed by atoms with Gasteiger partial charge in [0, 0.05) is 9.35 Å². The van der Waals surface area contributed by atoms with Crippen molar-refractivity contribution in [2.45, 2.75) is 25.7 Å². The largest absolute Gasteiger partial charge is 0.482 e. The third kappa shape index (κ3) is 5.08. The predicted molar refractivity (Wildman–Crippen MR) is 105 cm³/mol.